The summed E-state index contributed by atoms with van der Waals surface area (Å²) in [6.07, 6.45) is 3.64. The normalized spacial score (nSPS) is 12.5. The average molecular weight is 423 g/mol. The molecule has 0 saturated heterocycles. The number of hydrogen-bond acceptors (Lipinski definition) is 3. The molecule has 156 valence electrons. The van der Waals surface area contributed by atoms with Gasteiger partial charge in [-0.25, -0.2) is 0 Å². The van der Waals surface area contributed by atoms with E-state index in [9.17, 15) is 9.59 Å². The van der Waals surface area contributed by atoms with E-state index in [0.717, 1.165) is 18.4 Å². The maximum absolute atomic E-state index is 12.4. The third kappa shape index (κ3) is 5.67. The summed E-state index contributed by atoms with van der Waals surface area (Å²) < 4.78 is 2.08. The predicted molar refractivity (Wildman–Crippen MR) is 121 cm³/mol. The molecule has 0 bridgehead atoms. The highest BCUT2D eigenvalue weighted by Crippen LogP contribution is 2.21. The second-order valence-electron chi connectivity index (χ2n) is 7.42. The number of rotatable bonds is 4. The largest absolute Gasteiger partial charge is 0.349 e. The van der Waals surface area contributed by atoms with Gasteiger partial charge in [-0.2, -0.15) is 0 Å². The van der Waals surface area contributed by atoms with Gasteiger partial charge in [0.15, 0.2) is 4.77 Å². The number of aromatic amines is 1. The summed E-state index contributed by atoms with van der Waals surface area (Å²) in [4.78, 5) is 27.3. The summed E-state index contributed by atoms with van der Waals surface area (Å²) in [5, 5.41) is 5.78. The molecule has 1 saturated carbocycles. The van der Waals surface area contributed by atoms with Crippen LogP contribution in [0.5, 0.6) is 0 Å². The number of benzene rings is 2. The van der Waals surface area contributed by atoms with E-state index in [1.54, 1.807) is 29.9 Å². The molecule has 0 atom stereocenters. The summed E-state index contributed by atoms with van der Waals surface area (Å²) in [6, 6.07) is 15.9. The van der Waals surface area contributed by atoms with Crippen LogP contribution in [0, 0.1) is 18.6 Å². The van der Waals surface area contributed by atoms with E-state index in [-0.39, 0.29) is 11.8 Å². The van der Waals surface area contributed by atoms with Gasteiger partial charge in [0.25, 0.3) is 11.8 Å². The standard InChI is InChI=1S/C16H18N4O2S.C7H8/c1-9-3-4-10(14(21)18-11-5-6-11)7-12(9)19-15(22)13-8-17-16(23)20(13)2;1-7-5-3-2-4-6-7/h3-4,7-8,11H,5-6H2,1-2H3,(H,17,23)(H,18,21)(H,19,22);2-6H,1H3. The molecule has 1 aromatic heterocycles. The van der Waals surface area contributed by atoms with Crippen LogP contribution in [0.1, 0.15) is 44.8 Å². The molecule has 3 aromatic rings. The van der Waals surface area contributed by atoms with E-state index in [4.69, 9.17) is 12.2 Å². The second kappa shape index (κ2) is 9.54. The SMILES string of the molecule is Cc1ccc(C(=O)NC2CC2)cc1NC(=O)c1c[nH]c(=S)n1C.Cc1ccccc1. The monoisotopic (exact) mass is 422 g/mol. The highest BCUT2D eigenvalue weighted by atomic mass is 32.1. The first-order valence-electron chi connectivity index (χ1n) is 9.84. The molecule has 1 heterocycles. The Balaban J connectivity index is 0.000000310. The van der Waals surface area contributed by atoms with Crippen molar-refractivity contribution in [2.75, 3.05) is 5.32 Å². The van der Waals surface area contributed by atoms with Gasteiger partial charge >= 0.3 is 0 Å². The molecule has 1 fully saturated rings. The third-order valence-corrected chi connectivity index (χ3v) is 5.22. The Bertz CT molecular complexity index is 1100. The number of anilines is 1. The van der Waals surface area contributed by atoms with Crippen molar-refractivity contribution in [3.8, 4) is 0 Å². The molecule has 2 amide bonds. The minimum atomic E-state index is -0.275. The second-order valence-corrected chi connectivity index (χ2v) is 7.81. The molecule has 2 aromatic carbocycles. The molecule has 3 N–H and O–H groups in total. The topological polar surface area (TPSA) is 78.9 Å². The molecule has 0 spiro atoms. The number of aromatic nitrogens is 2. The number of nitrogens with zero attached hydrogens (tertiary/aromatic N) is 1. The van der Waals surface area contributed by atoms with Crippen LogP contribution in [0.15, 0.2) is 54.7 Å². The van der Waals surface area contributed by atoms with Crippen LogP contribution in [0.25, 0.3) is 0 Å². The zero-order chi connectivity index (χ0) is 21.7. The maximum Gasteiger partial charge on any atom is 0.273 e. The lowest BCUT2D eigenvalue weighted by molar-refractivity contribution is 0.0949. The summed E-state index contributed by atoms with van der Waals surface area (Å²) in [7, 11) is 1.72. The van der Waals surface area contributed by atoms with E-state index in [1.807, 2.05) is 31.2 Å². The van der Waals surface area contributed by atoms with Gasteiger partial charge in [0.1, 0.15) is 5.69 Å². The summed E-state index contributed by atoms with van der Waals surface area (Å²) >= 11 is 5.06. The number of carbonyl (C=O) groups excluding carboxylic acids is 2. The molecular weight excluding hydrogens is 396 g/mol. The van der Waals surface area contributed by atoms with Crippen LogP contribution in [0.2, 0.25) is 0 Å². The molecule has 6 nitrogen and oxygen atoms in total. The highest BCUT2D eigenvalue weighted by molar-refractivity contribution is 7.71. The van der Waals surface area contributed by atoms with Crippen LogP contribution in [0.3, 0.4) is 0 Å². The molecule has 0 aliphatic heterocycles. The number of hydrogen-bond donors (Lipinski definition) is 3. The minimum absolute atomic E-state index is 0.108. The number of imidazole rings is 1. The van der Waals surface area contributed by atoms with Gasteiger partial charge in [-0.15, -0.1) is 0 Å². The maximum atomic E-state index is 12.4. The molecular formula is C23H26N4O2S. The van der Waals surface area contributed by atoms with E-state index in [2.05, 4.69) is 34.7 Å². The minimum Gasteiger partial charge on any atom is -0.349 e. The molecule has 0 radical (unpaired) electrons. The number of nitrogens with one attached hydrogen (secondary N) is 3. The Morgan fingerprint density at radius 3 is 2.30 bits per heavy atom. The first kappa shape index (κ1) is 21.5. The Kier molecular flexibility index (Phi) is 6.84. The van der Waals surface area contributed by atoms with Gasteiger partial charge in [0.05, 0.1) is 0 Å². The smallest absolute Gasteiger partial charge is 0.273 e. The van der Waals surface area contributed by atoms with Crippen molar-refractivity contribution in [3.05, 3.63) is 81.9 Å². The molecule has 1 aliphatic carbocycles. The fraction of sp³-hybridized carbons (Fsp3) is 0.261. The van der Waals surface area contributed by atoms with Crippen molar-refractivity contribution in [2.24, 2.45) is 7.05 Å². The van der Waals surface area contributed by atoms with Gasteiger partial charge in [-0.05, 0) is 56.6 Å². The average Bonchev–Trinajstić information content (AvgIpc) is 3.48. The van der Waals surface area contributed by atoms with Crippen LogP contribution in [-0.2, 0) is 7.05 Å². The Labute approximate surface area is 181 Å². The summed E-state index contributed by atoms with van der Waals surface area (Å²) in [5.41, 5.74) is 3.80. The number of aryl methyl sites for hydroxylation is 2. The van der Waals surface area contributed by atoms with Crippen molar-refractivity contribution in [3.63, 3.8) is 0 Å². The van der Waals surface area contributed by atoms with Crippen LogP contribution in [0.4, 0.5) is 5.69 Å². The van der Waals surface area contributed by atoms with E-state index >= 15 is 0 Å². The molecule has 0 unspecified atom stereocenters. The zero-order valence-corrected chi connectivity index (χ0v) is 18.2. The van der Waals surface area contributed by atoms with Gasteiger partial charge in [0, 0.05) is 30.5 Å². The Morgan fingerprint density at radius 2 is 1.77 bits per heavy atom. The van der Waals surface area contributed by atoms with Crippen molar-refractivity contribution in [1.29, 1.82) is 0 Å². The van der Waals surface area contributed by atoms with Crippen molar-refractivity contribution in [1.82, 2.24) is 14.9 Å². The van der Waals surface area contributed by atoms with E-state index < -0.39 is 0 Å². The first-order valence-corrected chi connectivity index (χ1v) is 10.2. The summed E-state index contributed by atoms with van der Waals surface area (Å²) in [5.74, 6) is -0.384. The fourth-order valence-corrected chi connectivity index (χ4v) is 2.92. The Hall–Kier alpha value is -3.19. The van der Waals surface area contributed by atoms with E-state index in [1.165, 1.54) is 5.56 Å². The lowest BCUT2D eigenvalue weighted by Crippen LogP contribution is -2.25. The molecule has 7 heteroatoms. The zero-order valence-electron chi connectivity index (χ0n) is 17.4. The predicted octanol–water partition coefficient (Wildman–Crippen LogP) is 4.53. The lowest BCUT2D eigenvalue weighted by atomic mass is 10.1. The molecule has 30 heavy (non-hydrogen) atoms. The van der Waals surface area contributed by atoms with E-state index in [0.29, 0.717) is 27.8 Å². The Morgan fingerprint density at radius 1 is 1.07 bits per heavy atom. The summed E-state index contributed by atoms with van der Waals surface area (Å²) in [6.45, 7) is 3.97. The van der Waals surface area contributed by atoms with Crippen LogP contribution in [-0.4, -0.2) is 27.4 Å². The molecule has 4 rings (SSSR count). The lowest BCUT2D eigenvalue weighted by Gasteiger charge is -2.11. The van der Waals surface area contributed by atoms with Gasteiger partial charge < -0.3 is 20.2 Å². The third-order valence-electron chi connectivity index (χ3n) is 4.83. The van der Waals surface area contributed by atoms with Crippen molar-refractivity contribution in [2.45, 2.75) is 32.7 Å². The number of amides is 2. The van der Waals surface area contributed by atoms with Crippen molar-refractivity contribution < 1.29 is 9.59 Å². The quantitative estimate of drug-likeness (QED) is 0.541. The van der Waals surface area contributed by atoms with Crippen molar-refractivity contribution >= 4 is 29.7 Å². The highest BCUT2D eigenvalue weighted by Gasteiger charge is 2.24. The fourth-order valence-electron chi connectivity index (χ4n) is 2.77. The van der Waals surface area contributed by atoms with Gasteiger partial charge in [-0.1, -0.05) is 42.0 Å². The van der Waals surface area contributed by atoms with Gasteiger partial charge in [-0.3, -0.25) is 9.59 Å². The number of carbonyl (C=O) groups is 2. The van der Waals surface area contributed by atoms with Gasteiger partial charge in [0.2, 0.25) is 0 Å². The molecule has 1 aliphatic rings. The number of H-pyrrole nitrogens is 1. The first-order chi connectivity index (χ1) is 14.3. The van der Waals surface area contributed by atoms with Crippen LogP contribution < -0.4 is 10.6 Å². The van der Waals surface area contributed by atoms with Crippen LogP contribution >= 0.6 is 12.2 Å².